The van der Waals surface area contributed by atoms with E-state index in [1.165, 1.54) is 23.4 Å². The van der Waals surface area contributed by atoms with Crippen LogP contribution in [-0.2, 0) is 6.42 Å². The lowest BCUT2D eigenvalue weighted by Crippen LogP contribution is -2.43. The Labute approximate surface area is 173 Å². The number of fused-ring (bicyclic) bond motifs is 5. The van der Waals surface area contributed by atoms with E-state index in [0.717, 1.165) is 49.4 Å². The monoisotopic (exact) mass is 401 g/mol. The molecule has 2 aromatic heterocycles. The number of nitrogens with one attached hydrogen (secondary N) is 1. The van der Waals surface area contributed by atoms with E-state index in [9.17, 15) is 4.39 Å². The molecule has 1 saturated heterocycles. The number of rotatable bonds is 2. The lowest BCUT2D eigenvalue weighted by atomic mass is 10.0. The highest BCUT2D eigenvalue weighted by Gasteiger charge is 2.26. The molecule has 0 saturated carbocycles. The Morgan fingerprint density at radius 3 is 2.63 bits per heavy atom. The second kappa shape index (κ2) is 6.81. The van der Waals surface area contributed by atoms with Crippen LogP contribution in [0.5, 0.6) is 0 Å². The molecule has 2 aliphatic rings. The van der Waals surface area contributed by atoms with E-state index in [4.69, 9.17) is 4.42 Å². The van der Waals surface area contributed by atoms with E-state index in [2.05, 4.69) is 38.6 Å². The van der Waals surface area contributed by atoms with Gasteiger partial charge in [0.2, 0.25) is 5.82 Å². The summed E-state index contributed by atoms with van der Waals surface area (Å²) in [6, 6.07) is 15.0. The number of hydrogen-bond acceptors (Lipinski definition) is 5. The van der Waals surface area contributed by atoms with Gasteiger partial charge in [-0.2, -0.15) is 0 Å². The van der Waals surface area contributed by atoms with Gasteiger partial charge in [-0.1, -0.05) is 0 Å². The SMILES string of the molecule is Fc1ccc(-c2cc3c(o2)-c2nncn2-c2ccc(N4CCNCC4)cc2C3)cc1. The van der Waals surface area contributed by atoms with Gasteiger partial charge in [-0.3, -0.25) is 4.57 Å². The smallest absolute Gasteiger partial charge is 0.204 e. The van der Waals surface area contributed by atoms with E-state index >= 15 is 0 Å². The van der Waals surface area contributed by atoms with Crippen molar-refractivity contribution < 1.29 is 8.81 Å². The maximum atomic E-state index is 13.3. The van der Waals surface area contributed by atoms with Crippen LogP contribution in [0.1, 0.15) is 11.1 Å². The van der Waals surface area contributed by atoms with Crippen LogP contribution < -0.4 is 10.2 Å². The van der Waals surface area contributed by atoms with Crippen LogP contribution in [-0.4, -0.2) is 40.9 Å². The second-order valence-electron chi connectivity index (χ2n) is 7.72. The highest BCUT2D eigenvalue weighted by atomic mass is 19.1. The topological polar surface area (TPSA) is 59.1 Å². The van der Waals surface area contributed by atoms with Crippen molar-refractivity contribution in [3.8, 4) is 28.6 Å². The predicted molar refractivity (Wildman–Crippen MR) is 112 cm³/mol. The summed E-state index contributed by atoms with van der Waals surface area (Å²) >= 11 is 0. The molecular weight excluding hydrogens is 381 g/mol. The van der Waals surface area contributed by atoms with Gasteiger partial charge < -0.3 is 14.6 Å². The van der Waals surface area contributed by atoms with Crippen molar-refractivity contribution in [1.82, 2.24) is 20.1 Å². The Kier molecular flexibility index (Phi) is 3.95. The third-order valence-corrected chi connectivity index (χ3v) is 5.87. The molecule has 0 spiro atoms. The lowest BCUT2D eigenvalue weighted by Gasteiger charge is -2.30. The van der Waals surface area contributed by atoms with E-state index in [1.54, 1.807) is 18.5 Å². The zero-order valence-corrected chi connectivity index (χ0v) is 16.3. The van der Waals surface area contributed by atoms with Gasteiger partial charge in [-0.15, -0.1) is 10.2 Å². The normalized spacial score (nSPS) is 15.3. The summed E-state index contributed by atoms with van der Waals surface area (Å²) in [5, 5.41) is 11.9. The van der Waals surface area contributed by atoms with Crippen molar-refractivity contribution in [3.05, 3.63) is 71.8 Å². The minimum absolute atomic E-state index is 0.263. The molecule has 0 bridgehead atoms. The average Bonchev–Trinajstić information content (AvgIpc) is 3.40. The Hall–Kier alpha value is -3.45. The fourth-order valence-electron chi connectivity index (χ4n) is 4.35. The molecule has 4 aromatic rings. The summed E-state index contributed by atoms with van der Waals surface area (Å²) in [6.45, 7) is 4.00. The van der Waals surface area contributed by atoms with Gasteiger partial charge >= 0.3 is 0 Å². The van der Waals surface area contributed by atoms with Crippen molar-refractivity contribution in [1.29, 1.82) is 0 Å². The minimum atomic E-state index is -0.263. The molecule has 1 N–H and O–H groups in total. The number of halogens is 1. The molecule has 150 valence electrons. The summed E-state index contributed by atoms with van der Waals surface area (Å²) in [6.07, 6.45) is 2.46. The number of anilines is 1. The molecule has 2 aliphatic heterocycles. The predicted octanol–water partition coefficient (Wildman–Crippen LogP) is 3.65. The van der Waals surface area contributed by atoms with Crippen LogP contribution >= 0.6 is 0 Å². The van der Waals surface area contributed by atoms with E-state index in [1.807, 2.05) is 10.6 Å². The Morgan fingerprint density at radius 2 is 1.80 bits per heavy atom. The molecule has 7 heteroatoms. The van der Waals surface area contributed by atoms with Crippen molar-refractivity contribution >= 4 is 5.69 Å². The van der Waals surface area contributed by atoms with Crippen molar-refractivity contribution in [2.45, 2.75) is 6.42 Å². The third-order valence-electron chi connectivity index (χ3n) is 5.87. The Balaban J connectivity index is 1.46. The summed E-state index contributed by atoms with van der Waals surface area (Å²) in [5.74, 6) is 1.84. The van der Waals surface area contributed by atoms with Crippen LogP contribution in [0.3, 0.4) is 0 Å². The summed E-state index contributed by atoms with van der Waals surface area (Å²) in [5.41, 5.74) is 5.40. The van der Waals surface area contributed by atoms with Gasteiger partial charge in [0.05, 0.1) is 5.69 Å². The number of piperazine rings is 1. The zero-order chi connectivity index (χ0) is 20.1. The molecule has 6 nitrogen and oxygen atoms in total. The molecule has 0 unspecified atom stereocenters. The second-order valence-corrected chi connectivity index (χ2v) is 7.72. The third kappa shape index (κ3) is 2.81. The van der Waals surface area contributed by atoms with Crippen LogP contribution in [0, 0.1) is 5.82 Å². The largest absolute Gasteiger partial charge is 0.452 e. The molecule has 2 aromatic carbocycles. The fourth-order valence-corrected chi connectivity index (χ4v) is 4.35. The van der Waals surface area contributed by atoms with Gasteiger partial charge in [0.1, 0.15) is 17.9 Å². The maximum Gasteiger partial charge on any atom is 0.204 e. The first-order valence-corrected chi connectivity index (χ1v) is 10.1. The molecule has 0 amide bonds. The average molecular weight is 401 g/mol. The van der Waals surface area contributed by atoms with Crippen LogP contribution in [0.15, 0.2) is 59.3 Å². The molecule has 6 rings (SSSR count). The van der Waals surface area contributed by atoms with Gasteiger partial charge in [0.25, 0.3) is 0 Å². The molecular formula is C23H20FN5O. The minimum Gasteiger partial charge on any atom is -0.452 e. The summed E-state index contributed by atoms with van der Waals surface area (Å²) in [7, 11) is 0. The standard InChI is InChI=1S/C23H20FN5O/c24-18-3-1-15(2-4-18)21-13-17-11-16-12-19(28-9-7-25-8-10-28)5-6-20(16)29-14-26-27-23(29)22(17)30-21/h1-6,12-14,25H,7-11H2. The van der Waals surface area contributed by atoms with E-state index < -0.39 is 0 Å². The number of furan rings is 1. The highest BCUT2D eigenvalue weighted by molar-refractivity contribution is 5.70. The van der Waals surface area contributed by atoms with Gasteiger partial charge in [-0.25, -0.2) is 4.39 Å². The van der Waals surface area contributed by atoms with Gasteiger partial charge in [0, 0.05) is 49.4 Å². The van der Waals surface area contributed by atoms with Crippen LogP contribution in [0.25, 0.3) is 28.6 Å². The first-order chi connectivity index (χ1) is 14.8. The van der Waals surface area contributed by atoms with E-state index in [0.29, 0.717) is 17.3 Å². The quantitative estimate of drug-likeness (QED) is 0.489. The number of nitrogens with zero attached hydrogens (tertiary/aromatic N) is 4. The molecule has 0 aliphatic carbocycles. The first-order valence-electron chi connectivity index (χ1n) is 10.1. The number of hydrogen-bond donors (Lipinski definition) is 1. The van der Waals surface area contributed by atoms with Crippen molar-refractivity contribution in [2.75, 3.05) is 31.1 Å². The first kappa shape index (κ1) is 17.4. The fraction of sp³-hybridized carbons (Fsp3) is 0.217. The molecule has 0 atom stereocenters. The van der Waals surface area contributed by atoms with Crippen molar-refractivity contribution in [3.63, 3.8) is 0 Å². The van der Waals surface area contributed by atoms with Gasteiger partial charge in [0.15, 0.2) is 5.76 Å². The number of benzene rings is 2. The maximum absolute atomic E-state index is 13.3. The summed E-state index contributed by atoms with van der Waals surface area (Å²) in [4.78, 5) is 2.41. The molecule has 30 heavy (non-hydrogen) atoms. The molecule has 1 fully saturated rings. The molecule has 4 heterocycles. The zero-order valence-electron chi connectivity index (χ0n) is 16.3. The van der Waals surface area contributed by atoms with Crippen molar-refractivity contribution in [2.24, 2.45) is 0 Å². The Bertz CT molecular complexity index is 1220. The van der Waals surface area contributed by atoms with Crippen LogP contribution in [0.4, 0.5) is 10.1 Å². The van der Waals surface area contributed by atoms with Crippen LogP contribution in [0.2, 0.25) is 0 Å². The molecule has 0 radical (unpaired) electrons. The highest BCUT2D eigenvalue weighted by Crippen LogP contribution is 2.38. The Morgan fingerprint density at radius 1 is 0.967 bits per heavy atom. The summed E-state index contributed by atoms with van der Waals surface area (Å²) < 4.78 is 21.5. The van der Waals surface area contributed by atoms with Gasteiger partial charge in [-0.05, 0) is 54.1 Å². The van der Waals surface area contributed by atoms with E-state index in [-0.39, 0.29) is 5.82 Å². The number of aromatic nitrogens is 3. The lowest BCUT2D eigenvalue weighted by molar-refractivity contribution is 0.588.